The van der Waals surface area contributed by atoms with Crippen LogP contribution in [0.3, 0.4) is 0 Å². The minimum absolute atomic E-state index is 0.163. The summed E-state index contributed by atoms with van der Waals surface area (Å²) in [4.78, 5) is 16.3. The van der Waals surface area contributed by atoms with Gasteiger partial charge in [-0.2, -0.15) is 9.97 Å². The van der Waals surface area contributed by atoms with Crippen LogP contribution in [0.25, 0.3) is 100 Å². The number of hydrogen-bond acceptors (Lipinski definition) is 3. The van der Waals surface area contributed by atoms with Crippen LogP contribution in [0.1, 0.15) is 22.9 Å². The van der Waals surface area contributed by atoms with Gasteiger partial charge in [0.2, 0.25) is 5.95 Å². The van der Waals surface area contributed by atoms with Crippen molar-refractivity contribution in [3.05, 3.63) is 235 Å². The highest BCUT2D eigenvalue weighted by Crippen LogP contribution is 2.48. The van der Waals surface area contributed by atoms with E-state index in [0.29, 0.717) is 11.8 Å². The fourth-order valence-electron chi connectivity index (χ4n) is 10.1. The van der Waals surface area contributed by atoms with Gasteiger partial charge in [-0.15, -0.1) is 0 Å². The van der Waals surface area contributed by atoms with Gasteiger partial charge in [-0.1, -0.05) is 188 Å². The fourth-order valence-corrected chi connectivity index (χ4v) is 10.1. The number of aromatic nitrogens is 5. The molecule has 1 aliphatic rings. The number of benzene rings is 9. The highest BCUT2D eigenvalue weighted by Gasteiger charge is 2.33. The summed E-state index contributed by atoms with van der Waals surface area (Å²) in [5.41, 5.74) is 15.9. The van der Waals surface area contributed by atoms with E-state index in [0.717, 1.165) is 60.9 Å². The van der Waals surface area contributed by atoms with E-state index in [1.54, 1.807) is 0 Å². The van der Waals surface area contributed by atoms with Gasteiger partial charge in [0.15, 0.2) is 5.82 Å². The van der Waals surface area contributed by atoms with E-state index < -0.39 is 0 Å². The normalized spacial score (nSPS) is 12.4. The maximum atomic E-state index is 5.56. The molecule has 12 aromatic rings. The van der Waals surface area contributed by atoms with Crippen LogP contribution in [0.4, 0.5) is 0 Å². The molecule has 0 fully saturated rings. The zero-order valence-corrected chi connectivity index (χ0v) is 34.1. The van der Waals surface area contributed by atoms with E-state index in [9.17, 15) is 0 Å². The topological polar surface area (TPSA) is 48.5 Å². The van der Waals surface area contributed by atoms with Crippen LogP contribution in [-0.2, 0) is 0 Å². The molecule has 0 unspecified atom stereocenters. The fraction of sp³-hybridized carbons (Fsp3) is 0.0172. The van der Waals surface area contributed by atoms with Crippen LogP contribution < -0.4 is 0 Å². The molecule has 0 bridgehead atoms. The molecule has 3 aromatic heterocycles. The van der Waals surface area contributed by atoms with Gasteiger partial charge in [-0.3, -0.25) is 4.57 Å². The molecule has 0 radical (unpaired) electrons. The number of nitrogens with zero attached hydrogens (tertiary/aromatic N) is 5. The Morgan fingerprint density at radius 1 is 0.333 bits per heavy atom. The molecular formula is C58H37N5. The summed E-state index contributed by atoms with van der Waals surface area (Å²) in [6, 6.07) is 78.0. The van der Waals surface area contributed by atoms with Crippen LogP contribution in [0.5, 0.6) is 0 Å². The standard InChI is InChI=1S/C58H37N5/c1-3-17-37(18-4-1)39-21-15-22-40(35-39)41-23-16-24-42(36-41)62-51-31-13-11-27-45(51)49-33-34-50-46-28-12-14-32-52(46)63(55(50)54(49)62)58-60-56(38-19-5-2-6-20-38)59-57(61-58)53-47-29-9-7-25-43(47)44-26-8-10-30-48(44)53/h1-36,53H. The molecule has 0 saturated carbocycles. The van der Waals surface area contributed by atoms with E-state index in [-0.39, 0.29) is 5.92 Å². The van der Waals surface area contributed by atoms with Gasteiger partial charge in [-0.05, 0) is 74.8 Å². The van der Waals surface area contributed by atoms with Crippen LogP contribution in [0, 0.1) is 0 Å². The van der Waals surface area contributed by atoms with E-state index >= 15 is 0 Å². The van der Waals surface area contributed by atoms with E-state index in [1.807, 2.05) is 18.2 Å². The number of fused-ring (bicyclic) bond motifs is 10. The van der Waals surface area contributed by atoms with Gasteiger partial charge >= 0.3 is 0 Å². The van der Waals surface area contributed by atoms with Crippen molar-refractivity contribution < 1.29 is 0 Å². The first-order chi connectivity index (χ1) is 31.3. The van der Waals surface area contributed by atoms with Crippen molar-refractivity contribution >= 4 is 43.6 Å². The monoisotopic (exact) mass is 803 g/mol. The molecule has 0 saturated heterocycles. The van der Waals surface area contributed by atoms with Crippen molar-refractivity contribution in [2.75, 3.05) is 0 Å². The minimum atomic E-state index is -0.163. The molecule has 0 atom stereocenters. The number of hydrogen-bond donors (Lipinski definition) is 0. The Hall–Kier alpha value is -8.41. The highest BCUT2D eigenvalue weighted by atomic mass is 15.2. The van der Waals surface area contributed by atoms with Gasteiger partial charge in [-0.25, -0.2) is 4.98 Å². The van der Waals surface area contributed by atoms with E-state index in [2.05, 4.69) is 209 Å². The zero-order valence-electron chi connectivity index (χ0n) is 34.1. The third kappa shape index (κ3) is 5.53. The lowest BCUT2D eigenvalue weighted by atomic mass is 9.96. The first kappa shape index (κ1) is 35.4. The maximum absolute atomic E-state index is 5.56. The summed E-state index contributed by atoms with van der Waals surface area (Å²) < 4.78 is 4.73. The molecule has 1 aliphatic carbocycles. The second kappa shape index (κ2) is 14.1. The molecule has 5 heteroatoms. The van der Waals surface area contributed by atoms with Gasteiger partial charge in [0.25, 0.3) is 0 Å². The zero-order chi connectivity index (χ0) is 41.4. The van der Waals surface area contributed by atoms with Crippen molar-refractivity contribution in [3.63, 3.8) is 0 Å². The van der Waals surface area contributed by atoms with E-state index in [1.165, 1.54) is 44.3 Å². The Kier molecular flexibility index (Phi) is 7.90. The predicted octanol–water partition coefficient (Wildman–Crippen LogP) is 14.2. The van der Waals surface area contributed by atoms with Crippen molar-refractivity contribution in [1.29, 1.82) is 0 Å². The average Bonchev–Trinajstić information content (AvgIpc) is 4.01. The first-order valence-electron chi connectivity index (χ1n) is 21.5. The average molecular weight is 804 g/mol. The highest BCUT2D eigenvalue weighted by molar-refractivity contribution is 6.23. The second-order valence-electron chi connectivity index (χ2n) is 16.4. The molecule has 9 aromatic carbocycles. The molecule has 0 N–H and O–H groups in total. The smallest absolute Gasteiger partial charge is 0.238 e. The van der Waals surface area contributed by atoms with Crippen LogP contribution in [0.15, 0.2) is 218 Å². The maximum Gasteiger partial charge on any atom is 0.238 e. The Labute approximate surface area is 363 Å². The Balaban J connectivity index is 1.10. The van der Waals surface area contributed by atoms with Gasteiger partial charge in [0, 0.05) is 32.8 Å². The summed E-state index contributed by atoms with van der Waals surface area (Å²) in [5, 5.41) is 4.61. The summed E-state index contributed by atoms with van der Waals surface area (Å²) in [5.74, 6) is 1.79. The quantitative estimate of drug-likeness (QED) is 0.168. The van der Waals surface area contributed by atoms with Crippen LogP contribution >= 0.6 is 0 Å². The minimum Gasteiger partial charge on any atom is -0.307 e. The molecule has 0 aliphatic heterocycles. The Morgan fingerprint density at radius 3 is 1.49 bits per heavy atom. The first-order valence-corrected chi connectivity index (χ1v) is 21.5. The molecule has 3 heterocycles. The summed E-state index contributed by atoms with van der Waals surface area (Å²) in [6.07, 6.45) is 0. The lowest BCUT2D eigenvalue weighted by Gasteiger charge is -2.17. The molecule has 13 rings (SSSR count). The Bertz CT molecular complexity index is 3700. The number of rotatable bonds is 6. The lowest BCUT2D eigenvalue weighted by molar-refractivity contribution is 0.823. The van der Waals surface area contributed by atoms with Crippen molar-refractivity contribution in [2.45, 2.75) is 5.92 Å². The number of para-hydroxylation sites is 2. The molecule has 0 amide bonds. The van der Waals surface area contributed by atoms with Gasteiger partial charge in [0.1, 0.15) is 5.82 Å². The molecule has 294 valence electrons. The molecule has 5 nitrogen and oxygen atoms in total. The van der Waals surface area contributed by atoms with Gasteiger partial charge in [0.05, 0.1) is 28.0 Å². The van der Waals surface area contributed by atoms with Crippen LogP contribution in [0.2, 0.25) is 0 Å². The summed E-state index contributed by atoms with van der Waals surface area (Å²) in [7, 11) is 0. The van der Waals surface area contributed by atoms with E-state index in [4.69, 9.17) is 15.0 Å². The third-order valence-corrected chi connectivity index (χ3v) is 12.8. The third-order valence-electron chi connectivity index (χ3n) is 12.8. The summed E-state index contributed by atoms with van der Waals surface area (Å²) in [6.45, 7) is 0. The molecule has 63 heavy (non-hydrogen) atoms. The van der Waals surface area contributed by atoms with Crippen molar-refractivity contribution in [2.24, 2.45) is 0 Å². The molecule has 0 spiro atoms. The van der Waals surface area contributed by atoms with Crippen LogP contribution in [-0.4, -0.2) is 24.1 Å². The molecular weight excluding hydrogens is 767 g/mol. The SMILES string of the molecule is c1ccc(-c2cccc(-c3cccc(-n4c5ccccc5c5ccc6c7ccccc7n(-c7nc(-c8ccccc8)nc(C8c9ccccc9-c9ccccc98)n7)c6c54)c3)c2)cc1. The predicted molar refractivity (Wildman–Crippen MR) is 258 cm³/mol. The Morgan fingerprint density at radius 2 is 0.825 bits per heavy atom. The lowest BCUT2D eigenvalue weighted by Crippen LogP contribution is -2.12. The van der Waals surface area contributed by atoms with Crippen molar-refractivity contribution in [3.8, 4) is 56.4 Å². The summed E-state index contributed by atoms with van der Waals surface area (Å²) >= 11 is 0. The largest absolute Gasteiger partial charge is 0.307 e. The van der Waals surface area contributed by atoms with Crippen molar-refractivity contribution in [1.82, 2.24) is 24.1 Å². The van der Waals surface area contributed by atoms with Gasteiger partial charge < -0.3 is 4.57 Å². The second-order valence-corrected chi connectivity index (χ2v) is 16.4.